The Balaban J connectivity index is 0.00000364. The van der Waals surface area contributed by atoms with Crippen LogP contribution in [0, 0.1) is 0 Å². The smallest absolute Gasteiger partial charge is 0.356 e. The molecule has 2 N–H and O–H groups in total. The number of thiophene rings is 1. The molecule has 2 aromatic rings. The molecule has 0 spiro atoms. The number of hydrogen-bond donors (Lipinski definition) is 2. The molecule has 0 fully saturated rings. The van der Waals surface area contributed by atoms with Crippen LogP contribution in [0.4, 0.5) is 13.2 Å². The topological polar surface area (TPSA) is 52.6 Å². The van der Waals surface area contributed by atoms with Gasteiger partial charge in [0.25, 0.3) is 0 Å². The number of guanidine groups is 1. The van der Waals surface area contributed by atoms with Crippen molar-refractivity contribution in [3.05, 3.63) is 38.5 Å². The summed E-state index contributed by atoms with van der Waals surface area (Å²) in [4.78, 5) is 11.2. The van der Waals surface area contributed by atoms with Crippen LogP contribution >= 0.6 is 46.7 Å². The fourth-order valence-electron chi connectivity index (χ4n) is 2.28. The lowest BCUT2D eigenvalue weighted by Crippen LogP contribution is -2.42. The van der Waals surface area contributed by atoms with Crippen LogP contribution in [-0.4, -0.2) is 50.1 Å². The van der Waals surface area contributed by atoms with E-state index in [0.717, 1.165) is 16.7 Å². The molecule has 0 saturated heterocycles. The lowest BCUT2D eigenvalue weighted by atomic mass is 10.2. The molecule has 2 aromatic heterocycles. The van der Waals surface area contributed by atoms with Crippen LogP contribution in [0.2, 0.25) is 0 Å². The Bertz CT molecular complexity index is 701. The van der Waals surface area contributed by atoms with E-state index in [1.807, 2.05) is 25.5 Å². The highest BCUT2D eigenvalue weighted by Gasteiger charge is 2.33. The van der Waals surface area contributed by atoms with Crippen LogP contribution in [0.25, 0.3) is 0 Å². The van der Waals surface area contributed by atoms with Crippen LogP contribution in [0.5, 0.6) is 0 Å². The van der Waals surface area contributed by atoms with Gasteiger partial charge in [0.15, 0.2) is 11.7 Å². The Labute approximate surface area is 182 Å². The number of rotatable bonds is 7. The maximum Gasteiger partial charge on any atom is 0.434 e. The molecule has 0 amide bonds. The fraction of sp³-hybridized carbons (Fsp3) is 0.500. The molecule has 0 radical (unpaired) electrons. The summed E-state index contributed by atoms with van der Waals surface area (Å²) in [5, 5.41) is 9.92. The minimum Gasteiger partial charge on any atom is -0.356 e. The third kappa shape index (κ3) is 7.54. The highest BCUT2D eigenvalue weighted by atomic mass is 127. The normalized spacial score (nSPS) is 13.4. The lowest BCUT2D eigenvalue weighted by molar-refractivity contribution is -0.140. The summed E-state index contributed by atoms with van der Waals surface area (Å²) in [6, 6.07) is 4.32. The summed E-state index contributed by atoms with van der Waals surface area (Å²) in [7, 11) is 5.70. The molecular formula is C16H23F3IN5S2. The summed E-state index contributed by atoms with van der Waals surface area (Å²) in [5.41, 5.74) is -0.829. The second-order valence-corrected chi connectivity index (χ2v) is 7.67. The average molecular weight is 533 g/mol. The Hall–Kier alpha value is -0.920. The largest absolute Gasteiger partial charge is 0.434 e. The molecule has 1 atom stereocenters. The number of aliphatic imine (C=N–C) groups is 1. The van der Waals surface area contributed by atoms with E-state index >= 15 is 0 Å². The zero-order valence-corrected chi connectivity index (χ0v) is 19.2. The van der Waals surface area contributed by atoms with Gasteiger partial charge in [-0.3, -0.25) is 4.99 Å². The maximum absolute atomic E-state index is 12.6. The first-order chi connectivity index (χ1) is 12.3. The second-order valence-electron chi connectivity index (χ2n) is 5.75. The van der Waals surface area contributed by atoms with Gasteiger partial charge >= 0.3 is 6.18 Å². The summed E-state index contributed by atoms with van der Waals surface area (Å²) in [6.45, 7) is 1.12. The molecule has 0 aliphatic rings. The van der Waals surface area contributed by atoms with Crippen LogP contribution in [0.1, 0.15) is 21.6 Å². The van der Waals surface area contributed by atoms with Gasteiger partial charge in [-0.05, 0) is 25.5 Å². The van der Waals surface area contributed by atoms with E-state index in [4.69, 9.17) is 0 Å². The third-order valence-corrected chi connectivity index (χ3v) is 5.54. The van der Waals surface area contributed by atoms with Gasteiger partial charge in [-0.25, -0.2) is 4.98 Å². The van der Waals surface area contributed by atoms with E-state index in [1.54, 1.807) is 18.4 Å². The van der Waals surface area contributed by atoms with Gasteiger partial charge in [0.1, 0.15) is 0 Å². The number of alkyl halides is 3. The predicted molar refractivity (Wildman–Crippen MR) is 116 cm³/mol. The minimum atomic E-state index is -4.39. The van der Waals surface area contributed by atoms with Crippen molar-refractivity contribution in [3.63, 3.8) is 0 Å². The fourth-order valence-corrected chi connectivity index (χ4v) is 4.00. The number of likely N-dealkylation sites (N-methyl/N-ethyl adjacent to an activating group) is 1. The number of aromatic nitrogens is 1. The molecule has 0 aliphatic heterocycles. The summed E-state index contributed by atoms with van der Waals surface area (Å²) < 4.78 is 37.7. The highest BCUT2D eigenvalue weighted by Crippen LogP contribution is 2.30. The zero-order valence-electron chi connectivity index (χ0n) is 15.2. The average Bonchev–Trinajstić information content (AvgIpc) is 3.24. The summed E-state index contributed by atoms with van der Waals surface area (Å²) in [6.07, 6.45) is -3.98. The predicted octanol–water partition coefficient (Wildman–Crippen LogP) is 3.85. The van der Waals surface area contributed by atoms with Crippen molar-refractivity contribution in [2.75, 3.05) is 34.2 Å². The minimum absolute atomic E-state index is 0. The maximum atomic E-state index is 12.6. The molecule has 0 saturated carbocycles. The van der Waals surface area contributed by atoms with Crippen LogP contribution in [0.15, 0.2) is 27.9 Å². The van der Waals surface area contributed by atoms with E-state index in [0.29, 0.717) is 30.5 Å². The van der Waals surface area contributed by atoms with Crippen molar-refractivity contribution >= 4 is 52.6 Å². The van der Waals surface area contributed by atoms with E-state index in [1.165, 1.54) is 4.88 Å². The van der Waals surface area contributed by atoms with E-state index in [2.05, 4.69) is 31.6 Å². The standard InChI is InChI=1S/C16H22F3N5S2.HI/c1-20-15(22-9-11(24(2)3)12-5-4-8-25-12)21-7-6-14-23-13(10-26-14)16(17,18)19;/h4-5,8,10-11H,6-7,9H2,1-3H3,(H2,20,21,22);1H. The molecule has 11 heteroatoms. The summed E-state index contributed by atoms with van der Waals surface area (Å²) in [5.74, 6) is 0.612. The summed E-state index contributed by atoms with van der Waals surface area (Å²) >= 11 is 2.72. The van der Waals surface area contributed by atoms with Crippen LogP contribution < -0.4 is 10.6 Å². The Kier molecular flexibility index (Phi) is 9.98. The molecule has 1 unspecified atom stereocenters. The van der Waals surface area contributed by atoms with Crippen molar-refractivity contribution in [3.8, 4) is 0 Å². The second kappa shape index (κ2) is 11.2. The molecule has 27 heavy (non-hydrogen) atoms. The first kappa shape index (κ1) is 24.1. The van der Waals surface area contributed by atoms with Crippen molar-refractivity contribution < 1.29 is 13.2 Å². The SMILES string of the molecule is CN=C(NCCc1nc(C(F)(F)F)cs1)NCC(c1cccs1)N(C)C.I. The van der Waals surface area contributed by atoms with Gasteiger partial charge in [0, 0.05) is 36.8 Å². The highest BCUT2D eigenvalue weighted by molar-refractivity contribution is 14.0. The van der Waals surface area contributed by atoms with Crippen molar-refractivity contribution in [1.82, 2.24) is 20.5 Å². The van der Waals surface area contributed by atoms with E-state index in [9.17, 15) is 13.2 Å². The number of hydrogen-bond acceptors (Lipinski definition) is 5. The molecule has 2 heterocycles. The zero-order chi connectivity index (χ0) is 19.2. The molecular weight excluding hydrogens is 510 g/mol. The molecule has 152 valence electrons. The third-order valence-electron chi connectivity index (χ3n) is 3.65. The van der Waals surface area contributed by atoms with Crippen LogP contribution in [0.3, 0.4) is 0 Å². The number of halogens is 4. The number of thiazole rings is 1. The van der Waals surface area contributed by atoms with Crippen LogP contribution in [-0.2, 0) is 12.6 Å². The van der Waals surface area contributed by atoms with Gasteiger partial charge in [0.2, 0.25) is 0 Å². The molecule has 5 nitrogen and oxygen atoms in total. The first-order valence-electron chi connectivity index (χ1n) is 7.97. The van der Waals surface area contributed by atoms with Crippen molar-refractivity contribution in [1.29, 1.82) is 0 Å². The quantitative estimate of drug-likeness (QED) is 0.323. The van der Waals surface area contributed by atoms with Gasteiger partial charge < -0.3 is 15.5 Å². The number of nitrogens with zero attached hydrogens (tertiary/aromatic N) is 3. The van der Waals surface area contributed by atoms with Gasteiger partial charge in [-0.15, -0.1) is 46.7 Å². The van der Waals surface area contributed by atoms with Gasteiger partial charge in [0.05, 0.1) is 11.0 Å². The van der Waals surface area contributed by atoms with E-state index < -0.39 is 11.9 Å². The Morgan fingerprint density at radius 2 is 2.04 bits per heavy atom. The molecule has 0 aromatic carbocycles. The monoisotopic (exact) mass is 533 g/mol. The van der Waals surface area contributed by atoms with E-state index in [-0.39, 0.29) is 30.0 Å². The van der Waals surface area contributed by atoms with Crippen molar-refractivity contribution in [2.24, 2.45) is 4.99 Å². The lowest BCUT2D eigenvalue weighted by Gasteiger charge is -2.24. The first-order valence-corrected chi connectivity index (χ1v) is 9.73. The molecule has 2 rings (SSSR count). The number of nitrogens with one attached hydrogen (secondary N) is 2. The molecule has 0 bridgehead atoms. The van der Waals surface area contributed by atoms with Gasteiger partial charge in [-0.1, -0.05) is 6.07 Å². The van der Waals surface area contributed by atoms with Crippen molar-refractivity contribution in [2.45, 2.75) is 18.6 Å². The Morgan fingerprint density at radius 1 is 1.30 bits per heavy atom. The van der Waals surface area contributed by atoms with Gasteiger partial charge in [-0.2, -0.15) is 13.2 Å². The Morgan fingerprint density at radius 3 is 2.56 bits per heavy atom. The molecule has 0 aliphatic carbocycles.